The van der Waals surface area contributed by atoms with Crippen molar-refractivity contribution in [1.82, 2.24) is 25.5 Å². The second-order valence-electron chi connectivity index (χ2n) is 6.75. The number of nitrogens with zero attached hydrogens (tertiary/aromatic N) is 2. The van der Waals surface area contributed by atoms with Crippen LogP contribution in [0.2, 0.25) is 0 Å². The first-order chi connectivity index (χ1) is 13.5. The largest absolute Gasteiger partial charge is 0.338 e. The number of urea groups is 1. The molecular weight excluding hydrogens is 358 g/mol. The summed E-state index contributed by atoms with van der Waals surface area (Å²) in [6.07, 6.45) is 3.70. The Bertz CT molecular complexity index is 849. The Hall–Kier alpha value is -2.74. The van der Waals surface area contributed by atoms with Crippen molar-refractivity contribution in [2.45, 2.75) is 46.1 Å². The summed E-state index contributed by atoms with van der Waals surface area (Å²) in [7, 11) is 0. The summed E-state index contributed by atoms with van der Waals surface area (Å²) < 4.78 is 0. The molecule has 3 amide bonds. The predicted octanol–water partition coefficient (Wildman–Crippen LogP) is 2.15. The number of amides is 3. The van der Waals surface area contributed by atoms with Crippen molar-refractivity contribution in [2.75, 3.05) is 19.6 Å². The molecule has 0 fully saturated rings. The van der Waals surface area contributed by atoms with Crippen LogP contribution in [-0.4, -0.2) is 46.4 Å². The SMILES string of the molecule is CCCCNC(=O)NC(=O)CN(CCCC)Cc1nc2ccccc2c(=O)[nH]1. The predicted molar refractivity (Wildman–Crippen MR) is 109 cm³/mol. The zero-order chi connectivity index (χ0) is 20.4. The minimum atomic E-state index is -0.480. The smallest absolute Gasteiger partial charge is 0.321 e. The van der Waals surface area contributed by atoms with Crippen molar-refractivity contribution in [3.05, 3.63) is 40.4 Å². The number of nitrogens with one attached hydrogen (secondary N) is 3. The van der Waals surface area contributed by atoms with Crippen LogP contribution in [0, 0.1) is 0 Å². The van der Waals surface area contributed by atoms with Gasteiger partial charge in [-0.25, -0.2) is 9.78 Å². The number of H-pyrrole nitrogens is 1. The Kier molecular flexibility index (Phi) is 8.61. The topological polar surface area (TPSA) is 107 Å². The number of aromatic nitrogens is 2. The number of rotatable bonds is 10. The van der Waals surface area contributed by atoms with E-state index in [0.29, 0.717) is 36.4 Å². The number of benzene rings is 1. The van der Waals surface area contributed by atoms with Gasteiger partial charge in [0.25, 0.3) is 5.56 Å². The first-order valence-corrected chi connectivity index (χ1v) is 9.81. The third-order valence-electron chi connectivity index (χ3n) is 4.30. The van der Waals surface area contributed by atoms with E-state index in [-0.39, 0.29) is 18.0 Å². The zero-order valence-electron chi connectivity index (χ0n) is 16.6. The number of hydrogen-bond donors (Lipinski definition) is 3. The van der Waals surface area contributed by atoms with E-state index in [0.717, 1.165) is 25.7 Å². The lowest BCUT2D eigenvalue weighted by molar-refractivity contribution is -0.121. The number of imide groups is 1. The minimum Gasteiger partial charge on any atom is -0.338 e. The highest BCUT2D eigenvalue weighted by Crippen LogP contribution is 2.07. The Balaban J connectivity index is 2.02. The van der Waals surface area contributed by atoms with E-state index in [4.69, 9.17) is 0 Å². The van der Waals surface area contributed by atoms with Gasteiger partial charge in [0, 0.05) is 6.54 Å². The molecular formula is C20H29N5O3. The van der Waals surface area contributed by atoms with Gasteiger partial charge in [0.2, 0.25) is 5.91 Å². The average molecular weight is 387 g/mol. The van der Waals surface area contributed by atoms with Crippen molar-refractivity contribution in [3.8, 4) is 0 Å². The van der Waals surface area contributed by atoms with Gasteiger partial charge in [-0.15, -0.1) is 0 Å². The maximum absolute atomic E-state index is 12.2. The Morgan fingerprint density at radius 1 is 1.14 bits per heavy atom. The number of hydrogen-bond acceptors (Lipinski definition) is 5. The molecule has 0 aliphatic carbocycles. The molecule has 152 valence electrons. The van der Waals surface area contributed by atoms with Gasteiger partial charge in [-0.1, -0.05) is 38.8 Å². The molecule has 0 bridgehead atoms. The molecule has 0 atom stereocenters. The Labute approximate surface area is 164 Å². The second kappa shape index (κ2) is 11.2. The molecule has 0 unspecified atom stereocenters. The Morgan fingerprint density at radius 2 is 1.89 bits per heavy atom. The van der Waals surface area contributed by atoms with E-state index >= 15 is 0 Å². The molecule has 0 spiro atoms. The highest BCUT2D eigenvalue weighted by molar-refractivity contribution is 5.95. The van der Waals surface area contributed by atoms with Crippen molar-refractivity contribution in [1.29, 1.82) is 0 Å². The van der Waals surface area contributed by atoms with Crippen molar-refractivity contribution >= 4 is 22.8 Å². The Morgan fingerprint density at radius 3 is 2.64 bits per heavy atom. The van der Waals surface area contributed by atoms with Gasteiger partial charge < -0.3 is 10.3 Å². The molecule has 0 aliphatic rings. The first kappa shape index (κ1) is 21.6. The van der Waals surface area contributed by atoms with Gasteiger partial charge in [0.1, 0.15) is 5.82 Å². The van der Waals surface area contributed by atoms with E-state index in [9.17, 15) is 14.4 Å². The molecule has 1 aromatic heterocycles. The van der Waals surface area contributed by atoms with E-state index < -0.39 is 6.03 Å². The van der Waals surface area contributed by atoms with Gasteiger partial charge in [0.15, 0.2) is 0 Å². The third kappa shape index (κ3) is 6.77. The molecule has 1 aromatic carbocycles. The fraction of sp³-hybridized carbons (Fsp3) is 0.500. The fourth-order valence-electron chi connectivity index (χ4n) is 2.81. The molecule has 1 heterocycles. The summed E-state index contributed by atoms with van der Waals surface area (Å²) in [4.78, 5) is 45.4. The maximum Gasteiger partial charge on any atom is 0.321 e. The fourth-order valence-corrected chi connectivity index (χ4v) is 2.81. The van der Waals surface area contributed by atoms with Crippen LogP contribution in [0.5, 0.6) is 0 Å². The van der Waals surface area contributed by atoms with Gasteiger partial charge >= 0.3 is 6.03 Å². The molecule has 0 radical (unpaired) electrons. The van der Waals surface area contributed by atoms with Crippen LogP contribution in [0.25, 0.3) is 10.9 Å². The van der Waals surface area contributed by atoms with Gasteiger partial charge in [-0.05, 0) is 31.5 Å². The lowest BCUT2D eigenvalue weighted by Gasteiger charge is -2.21. The molecule has 28 heavy (non-hydrogen) atoms. The highest BCUT2D eigenvalue weighted by Gasteiger charge is 2.15. The summed E-state index contributed by atoms with van der Waals surface area (Å²) in [5.41, 5.74) is 0.423. The lowest BCUT2D eigenvalue weighted by Crippen LogP contribution is -2.45. The normalized spacial score (nSPS) is 11.0. The summed E-state index contributed by atoms with van der Waals surface area (Å²) in [5.74, 6) is 0.119. The molecule has 2 aromatic rings. The van der Waals surface area contributed by atoms with Crippen LogP contribution in [0.15, 0.2) is 29.1 Å². The third-order valence-corrected chi connectivity index (χ3v) is 4.30. The number of fused-ring (bicyclic) bond motifs is 1. The highest BCUT2D eigenvalue weighted by atomic mass is 16.2. The molecule has 8 nitrogen and oxygen atoms in total. The molecule has 2 rings (SSSR count). The quantitative estimate of drug-likeness (QED) is 0.542. The number of aromatic amines is 1. The van der Waals surface area contributed by atoms with Crippen LogP contribution in [0.1, 0.15) is 45.4 Å². The van der Waals surface area contributed by atoms with Crippen LogP contribution in [-0.2, 0) is 11.3 Å². The van der Waals surface area contributed by atoms with Gasteiger partial charge in [-0.2, -0.15) is 0 Å². The van der Waals surface area contributed by atoms with E-state index in [1.165, 1.54) is 0 Å². The molecule has 8 heteroatoms. The number of para-hydroxylation sites is 1. The van der Waals surface area contributed by atoms with Crippen molar-refractivity contribution in [3.63, 3.8) is 0 Å². The van der Waals surface area contributed by atoms with Crippen LogP contribution >= 0.6 is 0 Å². The number of carbonyl (C=O) groups is 2. The van der Waals surface area contributed by atoms with Crippen LogP contribution in [0.3, 0.4) is 0 Å². The van der Waals surface area contributed by atoms with Crippen LogP contribution < -0.4 is 16.2 Å². The van der Waals surface area contributed by atoms with Gasteiger partial charge in [-0.3, -0.25) is 19.8 Å². The second-order valence-corrected chi connectivity index (χ2v) is 6.75. The zero-order valence-corrected chi connectivity index (χ0v) is 16.6. The monoisotopic (exact) mass is 387 g/mol. The summed E-state index contributed by atoms with van der Waals surface area (Å²) in [6.45, 7) is 5.68. The van der Waals surface area contributed by atoms with Crippen LogP contribution in [0.4, 0.5) is 4.79 Å². The van der Waals surface area contributed by atoms with Crippen molar-refractivity contribution in [2.24, 2.45) is 0 Å². The van der Waals surface area contributed by atoms with Gasteiger partial charge in [0.05, 0.1) is 24.0 Å². The standard InChI is InChI=1S/C20H29N5O3/c1-3-5-11-21-20(28)24-18(26)14-25(12-6-4-2)13-17-22-16-10-8-7-9-15(16)19(27)23-17/h7-10H,3-6,11-14H2,1-2H3,(H,22,23,27)(H2,21,24,26,28). The van der Waals surface area contributed by atoms with E-state index in [1.54, 1.807) is 18.2 Å². The maximum atomic E-state index is 12.2. The minimum absolute atomic E-state index is 0.0533. The summed E-state index contributed by atoms with van der Waals surface area (Å²) in [5, 5.41) is 5.54. The summed E-state index contributed by atoms with van der Waals surface area (Å²) >= 11 is 0. The van der Waals surface area contributed by atoms with Crippen molar-refractivity contribution < 1.29 is 9.59 Å². The molecule has 0 saturated heterocycles. The average Bonchev–Trinajstić information content (AvgIpc) is 2.66. The number of carbonyl (C=O) groups excluding carboxylic acids is 2. The number of unbranched alkanes of at least 4 members (excludes halogenated alkanes) is 2. The van der Waals surface area contributed by atoms with E-state index in [2.05, 4.69) is 27.5 Å². The molecule has 0 aliphatic heterocycles. The molecule has 0 saturated carbocycles. The first-order valence-electron chi connectivity index (χ1n) is 9.81. The van der Waals surface area contributed by atoms with E-state index in [1.807, 2.05) is 17.9 Å². The molecule has 3 N–H and O–H groups in total. The summed E-state index contributed by atoms with van der Waals surface area (Å²) in [6, 6.07) is 6.66. The lowest BCUT2D eigenvalue weighted by atomic mass is 10.2.